The molecule has 1 aromatic heterocycles. The van der Waals surface area contributed by atoms with Crippen LogP contribution < -0.4 is 14.8 Å². The van der Waals surface area contributed by atoms with Gasteiger partial charge < -0.3 is 55.3 Å². The van der Waals surface area contributed by atoms with E-state index in [0.29, 0.717) is 17.7 Å². The number of H-pyrrole nitrogens is 1. The summed E-state index contributed by atoms with van der Waals surface area (Å²) in [4.78, 5) is 0. The van der Waals surface area contributed by atoms with E-state index < -0.39 is 49.0 Å². The molecule has 0 bridgehead atoms. The molecule has 3 rings (SSSR count). The van der Waals surface area contributed by atoms with Crippen molar-refractivity contribution in [3.63, 3.8) is 0 Å². The molecule has 0 unspecified atom stereocenters. The van der Waals surface area contributed by atoms with Crippen molar-refractivity contribution >= 4 is 0 Å². The summed E-state index contributed by atoms with van der Waals surface area (Å²) in [6.07, 6.45) is -7.52. The Morgan fingerprint density at radius 2 is 1.72 bits per heavy atom. The van der Waals surface area contributed by atoms with E-state index >= 15 is 0 Å². The van der Waals surface area contributed by atoms with Crippen LogP contribution in [-0.4, -0.2) is 121 Å². The smallest absolute Gasteiger partial charge is 0.238 e. The number of hydrogen-bond acceptors (Lipinski definition) is 12. The first kappa shape index (κ1) is 31.2. The highest BCUT2D eigenvalue weighted by atomic mass is 16.7. The van der Waals surface area contributed by atoms with Gasteiger partial charge in [-0.25, -0.2) is 0 Å². The third-order valence-corrected chi connectivity index (χ3v) is 6.72. The molecule has 1 fully saturated rings. The third-order valence-electron chi connectivity index (χ3n) is 6.72. The Morgan fingerprint density at radius 3 is 2.31 bits per heavy atom. The monoisotopic (exact) mass is 555 g/mol. The molecule has 0 aliphatic carbocycles. The van der Waals surface area contributed by atoms with Crippen molar-refractivity contribution in [1.82, 2.24) is 15.5 Å². The normalized spacial score (nSPS) is 24.6. The fourth-order valence-electron chi connectivity index (χ4n) is 4.07. The van der Waals surface area contributed by atoms with Gasteiger partial charge in [0.15, 0.2) is 0 Å². The number of β-amino-alcohol motifs (C(OH)–C–C–N with tert-alkyl or cyclic N) is 1. The number of aromatic amines is 1. The van der Waals surface area contributed by atoms with Crippen LogP contribution >= 0.6 is 0 Å². The van der Waals surface area contributed by atoms with Crippen LogP contribution in [0.2, 0.25) is 0 Å². The molecular formula is C26H41N3O10. The van der Waals surface area contributed by atoms with Crippen molar-refractivity contribution in [3.8, 4) is 11.6 Å². The second-order valence-electron chi connectivity index (χ2n) is 10.4. The first-order valence-electron chi connectivity index (χ1n) is 12.9. The maximum atomic E-state index is 10.4. The van der Waals surface area contributed by atoms with Gasteiger partial charge in [0.1, 0.15) is 42.9 Å². The molecule has 2 heterocycles. The largest absolute Gasteiger partial charge is 0.491 e. The van der Waals surface area contributed by atoms with Crippen molar-refractivity contribution in [2.75, 3.05) is 33.0 Å². The Hall–Kier alpha value is -2.33. The van der Waals surface area contributed by atoms with Gasteiger partial charge in [0.25, 0.3) is 0 Å². The maximum Gasteiger partial charge on any atom is 0.238 e. The van der Waals surface area contributed by atoms with Crippen LogP contribution in [0.4, 0.5) is 0 Å². The van der Waals surface area contributed by atoms with E-state index in [1.807, 2.05) is 26.0 Å². The summed E-state index contributed by atoms with van der Waals surface area (Å²) in [5.41, 5.74) is 1.53. The van der Waals surface area contributed by atoms with E-state index in [-0.39, 0.29) is 38.2 Å². The molecule has 220 valence electrons. The Kier molecular flexibility index (Phi) is 11.1. The molecule has 9 N–H and O–H groups in total. The van der Waals surface area contributed by atoms with Crippen molar-refractivity contribution in [2.45, 2.75) is 75.5 Å². The summed E-state index contributed by atoms with van der Waals surface area (Å²) in [7, 11) is 0. The Morgan fingerprint density at radius 1 is 1.05 bits per heavy atom. The number of aliphatic hydroxyl groups excluding tert-OH is 7. The number of aromatic nitrogens is 2. The van der Waals surface area contributed by atoms with E-state index in [0.717, 1.165) is 11.3 Å². The second-order valence-corrected chi connectivity index (χ2v) is 10.4. The fourth-order valence-corrected chi connectivity index (χ4v) is 4.07. The molecule has 0 spiro atoms. The van der Waals surface area contributed by atoms with Crippen molar-refractivity contribution in [2.24, 2.45) is 0 Å². The van der Waals surface area contributed by atoms with Gasteiger partial charge in [0.2, 0.25) is 12.2 Å². The topological polar surface area (TPSA) is 210 Å². The Balaban J connectivity index is 1.65. The standard InChI is InChI=1S/C26H41N3O10/c1-14(2)20-18(24(29-28-20)39-25-23(36)22(35)21(34)19(10-30)38-25)8-15-4-6-17(7-5-15)37-11-16(33)9-27-26(3,12-31)13-32/h4-7,14,16,19,21-23,25,27,30-36H,8-13H2,1-3H3,(H,28,29)/t16-,19-,21-,22+,23-,25+/m1/s1. The SMILES string of the molecule is CC(C)c1[nH]nc(O[C@@H]2O[C@H](CO)[C@@H](O)[C@H](O)[C@H]2O)c1Cc1ccc(OC[C@H](O)CNC(C)(CO)CO)cc1. The lowest BCUT2D eigenvalue weighted by atomic mass is 9.98. The molecule has 1 aromatic carbocycles. The Bertz CT molecular complexity index is 1010. The maximum absolute atomic E-state index is 10.4. The van der Waals surface area contributed by atoms with Gasteiger partial charge in [-0.2, -0.15) is 0 Å². The number of rotatable bonds is 14. The van der Waals surface area contributed by atoms with Crippen LogP contribution in [0.3, 0.4) is 0 Å². The highest BCUT2D eigenvalue weighted by Crippen LogP contribution is 2.31. The molecule has 1 saturated heterocycles. The van der Waals surface area contributed by atoms with Gasteiger partial charge in [-0.05, 0) is 30.5 Å². The molecule has 13 nitrogen and oxygen atoms in total. The van der Waals surface area contributed by atoms with E-state index in [4.69, 9.17) is 14.2 Å². The average Bonchev–Trinajstić information content (AvgIpc) is 3.33. The van der Waals surface area contributed by atoms with Crippen LogP contribution in [0.25, 0.3) is 0 Å². The third kappa shape index (κ3) is 7.87. The minimum absolute atomic E-state index is 0.00952. The molecule has 0 amide bonds. The van der Waals surface area contributed by atoms with Gasteiger partial charge in [-0.15, -0.1) is 5.10 Å². The summed E-state index contributed by atoms with van der Waals surface area (Å²) in [6, 6.07) is 7.22. The molecule has 39 heavy (non-hydrogen) atoms. The number of benzene rings is 1. The van der Waals surface area contributed by atoms with E-state index in [1.165, 1.54) is 0 Å². The second kappa shape index (κ2) is 13.8. The number of ether oxygens (including phenoxy) is 3. The summed E-state index contributed by atoms with van der Waals surface area (Å²) in [5, 5.41) is 78.8. The molecule has 6 atom stereocenters. The van der Waals surface area contributed by atoms with Gasteiger partial charge >= 0.3 is 0 Å². The number of aliphatic hydroxyl groups is 7. The number of hydrogen-bond donors (Lipinski definition) is 9. The van der Waals surface area contributed by atoms with Crippen molar-refractivity contribution in [1.29, 1.82) is 0 Å². The van der Waals surface area contributed by atoms with Gasteiger partial charge in [-0.3, -0.25) is 5.10 Å². The van der Waals surface area contributed by atoms with Crippen LogP contribution in [0, 0.1) is 0 Å². The number of nitrogens with one attached hydrogen (secondary N) is 2. The van der Waals surface area contributed by atoms with Crippen molar-refractivity contribution < 1.29 is 50.0 Å². The molecule has 2 aromatic rings. The zero-order chi connectivity index (χ0) is 28.7. The average molecular weight is 556 g/mol. The fraction of sp³-hybridized carbons (Fsp3) is 0.654. The van der Waals surface area contributed by atoms with Crippen LogP contribution in [0.5, 0.6) is 11.6 Å². The van der Waals surface area contributed by atoms with E-state index in [1.54, 1.807) is 19.1 Å². The van der Waals surface area contributed by atoms with Gasteiger partial charge in [-0.1, -0.05) is 26.0 Å². The van der Waals surface area contributed by atoms with Crippen LogP contribution in [0.1, 0.15) is 43.5 Å². The van der Waals surface area contributed by atoms with E-state index in [9.17, 15) is 35.7 Å². The molecule has 13 heteroatoms. The quantitative estimate of drug-likeness (QED) is 0.129. The van der Waals surface area contributed by atoms with Gasteiger partial charge in [0.05, 0.1) is 25.4 Å². The molecular weight excluding hydrogens is 514 g/mol. The molecule has 0 radical (unpaired) electrons. The molecule has 0 saturated carbocycles. The van der Waals surface area contributed by atoms with Crippen LogP contribution in [0.15, 0.2) is 24.3 Å². The zero-order valence-corrected chi connectivity index (χ0v) is 22.4. The lowest BCUT2D eigenvalue weighted by Crippen LogP contribution is -2.60. The predicted octanol–water partition coefficient (Wildman–Crippen LogP) is -1.62. The Labute approximate surface area is 227 Å². The summed E-state index contributed by atoms with van der Waals surface area (Å²) in [5.74, 6) is 0.770. The van der Waals surface area contributed by atoms with Crippen LogP contribution in [-0.2, 0) is 11.2 Å². The molecule has 1 aliphatic heterocycles. The summed E-state index contributed by atoms with van der Waals surface area (Å²) in [6.45, 7) is 4.63. The minimum Gasteiger partial charge on any atom is -0.491 e. The summed E-state index contributed by atoms with van der Waals surface area (Å²) < 4.78 is 16.9. The molecule has 1 aliphatic rings. The first-order valence-corrected chi connectivity index (χ1v) is 12.9. The number of nitrogens with zero attached hydrogens (tertiary/aromatic N) is 1. The predicted molar refractivity (Wildman–Crippen MR) is 138 cm³/mol. The minimum atomic E-state index is -1.57. The lowest BCUT2D eigenvalue weighted by molar-refractivity contribution is -0.278. The highest BCUT2D eigenvalue weighted by molar-refractivity contribution is 5.39. The van der Waals surface area contributed by atoms with E-state index in [2.05, 4.69) is 15.5 Å². The van der Waals surface area contributed by atoms with Gasteiger partial charge in [0, 0.05) is 24.2 Å². The summed E-state index contributed by atoms with van der Waals surface area (Å²) >= 11 is 0. The zero-order valence-electron chi connectivity index (χ0n) is 22.4. The first-order chi connectivity index (χ1) is 18.5. The highest BCUT2D eigenvalue weighted by Gasteiger charge is 2.45. The van der Waals surface area contributed by atoms with Crippen molar-refractivity contribution in [3.05, 3.63) is 41.1 Å². The lowest BCUT2D eigenvalue weighted by Gasteiger charge is -2.39.